The van der Waals surface area contributed by atoms with Crippen LogP contribution >= 0.6 is 11.3 Å². The number of sulfonamides is 1. The Balaban J connectivity index is 1.71. The average Bonchev–Trinajstić information content (AvgIpc) is 3.13. The van der Waals surface area contributed by atoms with Crippen molar-refractivity contribution in [3.63, 3.8) is 0 Å². The Hall–Kier alpha value is -1.48. The van der Waals surface area contributed by atoms with E-state index in [0.29, 0.717) is 22.7 Å². The number of aromatic nitrogens is 1. The number of H-pyrrole nitrogens is 1. The molecule has 1 saturated heterocycles. The maximum Gasteiger partial charge on any atom is 0.251 e. The van der Waals surface area contributed by atoms with Crippen molar-refractivity contribution in [2.75, 3.05) is 26.2 Å². The number of aryl methyl sites for hydroxylation is 2. The van der Waals surface area contributed by atoms with Crippen molar-refractivity contribution in [3.8, 4) is 10.4 Å². The minimum atomic E-state index is -3.52. The second kappa shape index (κ2) is 8.68. The summed E-state index contributed by atoms with van der Waals surface area (Å²) in [6, 6.07) is 5.31. The van der Waals surface area contributed by atoms with Gasteiger partial charge in [0.15, 0.2) is 0 Å². The van der Waals surface area contributed by atoms with E-state index in [1.807, 2.05) is 26.0 Å². The predicted molar refractivity (Wildman–Crippen MR) is 110 cm³/mol. The zero-order chi connectivity index (χ0) is 19.4. The quantitative estimate of drug-likeness (QED) is 0.737. The van der Waals surface area contributed by atoms with Crippen LogP contribution in [0.5, 0.6) is 0 Å². The molecule has 6 nitrogen and oxygen atoms in total. The highest BCUT2D eigenvalue weighted by Crippen LogP contribution is 2.32. The summed E-state index contributed by atoms with van der Waals surface area (Å²) in [7, 11) is -3.52. The molecule has 0 bridgehead atoms. The number of pyridine rings is 1. The van der Waals surface area contributed by atoms with Crippen molar-refractivity contribution in [2.45, 2.75) is 43.7 Å². The average molecular weight is 410 g/mol. The molecule has 0 radical (unpaired) electrons. The van der Waals surface area contributed by atoms with Crippen molar-refractivity contribution >= 4 is 21.4 Å². The Bertz CT molecular complexity index is 941. The fourth-order valence-corrected chi connectivity index (χ4v) is 5.83. The number of hydrogen-bond donors (Lipinski definition) is 2. The molecule has 8 heteroatoms. The van der Waals surface area contributed by atoms with Gasteiger partial charge in [0.1, 0.15) is 4.21 Å². The van der Waals surface area contributed by atoms with Gasteiger partial charge in [0.25, 0.3) is 5.56 Å². The van der Waals surface area contributed by atoms with Crippen LogP contribution in [0.4, 0.5) is 0 Å². The molecule has 0 saturated carbocycles. The monoisotopic (exact) mass is 409 g/mol. The molecular formula is C19H27N3O3S2. The molecule has 2 aromatic rings. The second-order valence-corrected chi connectivity index (χ2v) is 10.0. The van der Waals surface area contributed by atoms with Crippen LogP contribution in [0.2, 0.25) is 0 Å². The number of aromatic amines is 1. The first-order valence-electron chi connectivity index (χ1n) is 9.45. The topological polar surface area (TPSA) is 82.3 Å². The molecule has 1 aliphatic rings. The Morgan fingerprint density at radius 1 is 1.22 bits per heavy atom. The van der Waals surface area contributed by atoms with Crippen LogP contribution in [0.1, 0.15) is 37.4 Å². The van der Waals surface area contributed by atoms with Gasteiger partial charge in [0, 0.05) is 34.8 Å². The van der Waals surface area contributed by atoms with E-state index in [-0.39, 0.29) is 5.56 Å². The second-order valence-electron chi connectivity index (χ2n) is 6.93. The number of nitrogens with one attached hydrogen (secondary N) is 2. The highest BCUT2D eigenvalue weighted by molar-refractivity contribution is 7.91. The largest absolute Gasteiger partial charge is 0.326 e. The molecule has 0 aromatic carbocycles. The molecule has 0 amide bonds. The van der Waals surface area contributed by atoms with Gasteiger partial charge in [-0.25, -0.2) is 13.1 Å². The van der Waals surface area contributed by atoms with E-state index in [2.05, 4.69) is 14.6 Å². The lowest BCUT2D eigenvalue weighted by Crippen LogP contribution is -2.37. The fourth-order valence-electron chi connectivity index (χ4n) is 3.39. The molecule has 0 aliphatic carbocycles. The summed E-state index contributed by atoms with van der Waals surface area (Å²) in [5.41, 5.74) is 2.25. The first-order valence-corrected chi connectivity index (χ1v) is 11.8. The highest BCUT2D eigenvalue weighted by atomic mass is 32.2. The summed E-state index contributed by atoms with van der Waals surface area (Å²) in [6.45, 7) is 7.04. The Morgan fingerprint density at radius 3 is 2.67 bits per heavy atom. The molecule has 1 fully saturated rings. The molecule has 3 heterocycles. The van der Waals surface area contributed by atoms with Gasteiger partial charge in [-0.1, -0.05) is 13.3 Å². The number of rotatable bonds is 7. The van der Waals surface area contributed by atoms with Gasteiger partial charge < -0.3 is 9.88 Å². The van der Waals surface area contributed by atoms with E-state index < -0.39 is 10.0 Å². The van der Waals surface area contributed by atoms with E-state index in [9.17, 15) is 13.2 Å². The maximum atomic E-state index is 12.6. The normalized spacial score (nSPS) is 15.9. The molecule has 1 aliphatic heterocycles. The van der Waals surface area contributed by atoms with Crippen molar-refractivity contribution in [3.05, 3.63) is 39.8 Å². The lowest BCUT2D eigenvalue weighted by atomic mass is 10.1. The van der Waals surface area contributed by atoms with Gasteiger partial charge in [0.05, 0.1) is 0 Å². The van der Waals surface area contributed by atoms with Gasteiger partial charge >= 0.3 is 0 Å². The molecule has 27 heavy (non-hydrogen) atoms. The minimum absolute atomic E-state index is 0.0810. The van der Waals surface area contributed by atoms with Crippen LogP contribution in [0.25, 0.3) is 10.4 Å². The standard InChI is InChI=1S/C19H27N3O3S2/c1-3-15-13-16(14(2)21-19(15)23)17-7-8-18(26-17)27(24,25)20-9-12-22-10-5-4-6-11-22/h7-8,13,20H,3-6,9-12H2,1-2H3,(H,21,23). The molecule has 2 N–H and O–H groups in total. The van der Waals surface area contributed by atoms with E-state index in [1.54, 1.807) is 6.07 Å². The van der Waals surface area contributed by atoms with E-state index in [1.165, 1.54) is 30.6 Å². The summed E-state index contributed by atoms with van der Waals surface area (Å²) < 4.78 is 28.2. The maximum absolute atomic E-state index is 12.6. The number of nitrogens with zero attached hydrogens (tertiary/aromatic N) is 1. The molecule has 2 aromatic heterocycles. The van der Waals surface area contributed by atoms with Crippen LogP contribution in [0.3, 0.4) is 0 Å². The summed E-state index contributed by atoms with van der Waals surface area (Å²) in [5.74, 6) is 0. The lowest BCUT2D eigenvalue weighted by Gasteiger charge is -2.26. The van der Waals surface area contributed by atoms with Crippen LogP contribution in [0, 0.1) is 6.92 Å². The van der Waals surface area contributed by atoms with Gasteiger partial charge in [0.2, 0.25) is 10.0 Å². The number of thiophene rings is 1. The van der Waals surface area contributed by atoms with E-state index in [4.69, 9.17) is 0 Å². The first-order chi connectivity index (χ1) is 12.9. The summed E-state index contributed by atoms with van der Waals surface area (Å²) in [6.07, 6.45) is 4.29. The molecular weight excluding hydrogens is 382 g/mol. The fraction of sp³-hybridized carbons (Fsp3) is 0.526. The molecule has 0 unspecified atom stereocenters. The Morgan fingerprint density at radius 2 is 1.96 bits per heavy atom. The smallest absolute Gasteiger partial charge is 0.251 e. The van der Waals surface area contributed by atoms with Crippen LogP contribution < -0.4 is 10.3 Å². The Labute approximate surface area is 164 Å². The van der Waals surface area contributed by atoms with Crippen molar-refractivity contribution < 1.29 is 8.42 Å². The number of hydrogen-bond acceptors (Lipinski definition) is 5. The third-order valence-electron chi connectivity index (χ3n) is 4.98. The minimum Gasteiger partial charge on any atom is -0.326 e. The van der Waals surface area contributed by atoms with Gasteiger partial charge in [-0.2, -0.15) is 0 Å². The van der Waals surface area contributed by atoms with Gasteiger partial charge in [-0.05, 0) is 57.5 Å². The number of likely N-dealkylation sites (tertiary alicyclic amines) is 1. The SMILES string of the molecule is CCc1cc(-c2ccc(S(=O)(=O)NCCN3CCCCC3)s2)c(C)[nH]c1=O. The molecule has 0 atom stereocenters. The van der Waals surface area contributed by atoms with Crippen molar-refractivity contribution in [2.24, 2.45) is 0 Å². The zero-order valence-electron chi connectivity index (χ0n) is 15.9. The predicted octanol–water partition coefficient (Wildman–Crippen LogP) is 2.74. The first kappa shape index (κ1) is 20.3. The van der Waals surface area contributed by atoms with Crippen molar-refractivity contribution in [1.29, 1.82) is 0 Å². The summed E-state index contributed by atoms with van der Waals surface area (Å²) in [5, 5.41) is 0. The zero-order valence-corrected chi connectivity index (χ0v) is 17.5. The third-order valence-corrected chi connectivity index (χ3v) is 8.05. The lowest BCUT2D eigenvalue weighted by molar-refractivity contribution is 0.233. The highest BCUT2D eigenvalue weighted by Gasteiger charge is 2.19. The van der Waals surface area contributed by atoms with Crippen molar-refractivity contribution in [1.82, 2.24) is 14.6 Å². The van der Waals surface area contributed by atoms with Gasteiger partial charge in [-0.3, -0.25) is 4.79 Å². The van der Waals surface area contributed by atoms with Crippen LogP contribution in [-0.4, -0.2) is 44.5 Å². The molecule has 3 rings (SSSR count). The third kappa shape index (κ3) is 4.87. The van der Waals surface area contributed by atoms with E-state index >= 15 is 0 Å². The van der Waals surface area contributed by atoms with E-state index in [0.717, 1.165) is 35.8 Å². The molecule has 0 spiro atoms. The summed E-state index contributed by atoms with van der Waals surface area (Å²) in [4.78, 5) is 17.9. The molecule has 148 valence electrons. The van der Waals surface area contributed by atoms with Gasteiger partial charge in [-0.15, -0.1) is 11.3 Å². The summed E-state index contributed by atoms with van der Waals surface area (Å²) >= 11 is 1.23. The van der Waals surface area contributed by atoms with Crippen LogP contribution in [-0.2, 0) is 16.4 Å². The Kier molecular flexibility index (Phi) is 6.52. The van der Waals surface area contributed by atoms with Crippen LogP contribution in [0.15, 0.2) is 27.2 Å². The number of piperidine rings is 1.